The zero-order chi connectivity index (χ0) is 34.1. The topological polar surface area (TPSA) is 59.1 Å². The molecule has 47 heavy (non-hydrogen) atoms. The molecule has 0 aliphatic heterocycles. The molecule has 0 N–H and O–H groups in total. The molecule has 0 unspecified atom stereocenters. The van der Waals surface area contributed by atoms with Gasteiger partial charge in [0, 0.05) is 41.3 Å². The van der Waals surface area contributed by atoms with E-state index in [0.29, 0.717) is 58.0 Å². The van der Waals surface area contributed by atoms with Crippen molar-refractivity contribution >= 4 is 45.0 Å². The van der Waals surface area contributed by atoms with Crippen LogP contribution in [0.3, 0.4) is 0 Å². The molecule has 4 aromatic rings. The molecule has 250 valence electrons. The monoisotopic (exact) mass is 686 g/mol. The lowest BCUT2D eigenvalue weighted by Crippen LogP contribution is -2.47. The van der Waals surface area contributed by atoms with Crippen molar-refractivity contribution in [3.8, 4) is 16.9 Å². The van der Waals surface area contributed by atoms with Crippen molar-refractivity contribution in [3.05, 3.63) is 87.8 Å². The summed E-state index contributed by atoms with van der Waals surface area (Å²) in [7, 11) is 3.29. The first-order chi connectivity index (χ1) is 22.2. The average molecular weight is 687 g/mol. The van der Waals surface area contributed by atoms with Gasteiger partial charge < -0.3 is 19.3 Å². The van der Waals surface area contributed by atoms with Crippen LogP contribution in [0.15, 0.2) is 66.7 Å². The number of fused-ring (bicyclic) bond motifs is 1. The molecule has 0 saturated heterocycles. The molecule has 1 heterocycles. The minimum absolute atomic E-state index is 0.0384. The molecule has 3 aromatic carbocycles. The predicted octanol–water partition coefficient (Wildman–Crippen LogP) is 10.1. The van der Waals surface area contributed by atoms with Crippen molar-refractivity contribution in [2.45, 2.75) is 76.9 Å². The first-order valence-corrected chi connectivity index (χ1v) is 16.6. The molecule has 1 saturated carbocycles. The first-order valence-electron chi connectivity index (χ1n) is 15.4. The number of halogens is 4. The number of methoxy groups -OCH3 is 1. The van der Waals surface area contributed by atoms with Crippen LogP contribution in [0, 0.1) is 0 Å². The maximum absolute atomic E-state index is 14.4. The molecule has 0 spiro atoms. The molecule has 1 aliphatic carbocycles. The van der Waals surface area contributed by atoms with Gasteiger partial charge in [0.1, 0.15) is 16.2 Å². The van der Waals surface area contributed by atoms with Gasteiger partial charge in [-0.1, -0.05) is 48.0 Å². The van der Waals surface area contributed by atoms with Gasteiger partial charge >= 0.3 is 12.3 Å². The zero-order valence-corrected chi connectivity index (χ0v) is 28.6. The fourth-order valence-electron chi connectivity index (χ4n) is 6.01. The van der Waals surface area contributed by atoms with Crippen LogP contribution in [0.2, 0.25) is 5.02 Å². The Morgan fingerprint density at radius 1 is 0.915 bits per heavy atom. The number of hydrogen-bond donors (Lipinski definition) is 0. The highest BCUT2D eigenvalue weighted by atomic mass is 35.5. The number of alkyl halides is 3. The summed E-state index contributed by atoms with van der Waals surface area (Å²) in [6, 6.07) is 17.8. The number of benzene rings is 3. The van der Waals surface area contributed by atoms with E-state index in [1.807, 2.05) is 56.0 Å². The van der Waals surface area contributed by atoms with Gasteiger partial charge in [-0.05, 0) is 87.9 Å². The van der Waals surface area contributed by atoms with Gasteiger partial charge in [-0.3, -0.25) is 4.79 Å². The van der Waals surface area contributed by atoms with Crippen molar-refractivity contribution in [3.63, 3.8) is 0 Å². The van der Waals surface area contributed by atoms with E-state index in [1.165, 1.54) is 23.5 Å². The minimum Gasteiger partial charge on any atom is -0.496 e. The second kappa shape index (κ2) is 13.8. The second-order valence-electron chi connectivity index (χ2n) is 12.8. The van der Waals surface area contributed by atoms with Crippen molar-refractivity contribution in [2.24, 2.45) is 0 Å². The second-order valence-corrected chi connectivity index (χ2v) is 14.3. The Bertz CT molecular complexity index is 1740. The molecule has 1 aromatic heterocycles. The summed E-state index contributed by atoms with van der Waals surface area (Å²) in [5.74, 6) is 0.348. The van der Waals surface area contributed by atoms with Crippen molar-refractivity contribution in [1.29, 1.82) is 0 Å². The van der Waals surface area contributed by atoms with Crippen LogP contribution in [0.25, 0.3) is 21.2 Å². The van der Waals surface area contributed by atoms with Crippen LogP contribution in [0.5, 0.6) is 5.75 Å². The number of amides is 2. The van der Waals surface area contributed by atoms with E-state index in [9.17, 15) is 22.8 Å². The van der Waals surface area contributed by atoms with Crippen LogP contribution in [-0.4, -0.2) is 53.6 Å². The van der Waals surface area contributed by atoms with Crippen molar-refractivity contribution < 1.29 is 32.2 Å². The lowest BCUT2D eigenvalue weighted by Gasteiger charge is -2.40. The number of carbonyl (C=O) groups is 2. The Morgan fingerprint density at radius 2 is 1.53 bits per heavy atom. The van der Waals surface area contributed by atoms with E-state index in [-0.39, 0.29) is 30.6 Å². The summed E-state index contributed by atoms with van der Waals surface area (Å²) < 4.78 is 51.8. The highest BCUT2D eigenvalue weighted by Crippen LogP contribution is 2.39. The van der Waals surface area contributed by atoms with Gasteiger partial charge in [-0.15, -0.1) is 11.3 Å². The van der Waals surface area contributed by atoms with Crippen molar-refractivity contribution in [2.75, 3.05) is 14.2 Å². The highest BCUT2D eigenvalue weighted by molar-refractivity contribution is 7.21. The Balaban J connectivity index is 1.46. The fraction of sp³-hybridized carbons (Fsp3) is 0.389. The third-order valence-electron chi connectivity index (χ3n) is 8.49. The van der Waals surface area contributed by atoms with Crippen LogP contribution in [-0.2, 0) is 17.5 Å². The number of thiophene rings is 1. The smallest absolute Gasteiger partial charge is 0.416 e. The predicted molar refractivity (Wildman–Crippen MR) is 180 cm³/mol. The molecule has 5 rings (SSSR count). The molecular weight excluding hydrogens is 649 g/mol. The summed E-state index contributed by atoms with van der Waals surface area (Å²) in [6.07, 6.45) is -2.17. The van der Waals surface area contributed by atoms with Crippen molar-refractivity contribution in [1.82, 2.24) is 9.80 Å². The molecule has 2 amide bonds. The van der Waals surface area contributed by atoms with E-state index in [0.717, 1.165) is 22.2 Å². The lowest BCUT2D eigenvalue weighted by atomic mass is 9.89. The Kier molecular flexibility index (Phi) is 10.1. The lowest BCUT2D eigenvalue weighted by molar-refractivity contribution is -0.137. The van der Waals surface area contributed by atoms with Gasteiger partial charge in [-0.25, -0.2) is 4.79 Å². The number of nitrogens with zero attached hydrogens (tertiary/aromatic N) is 2. The molecule has 1 aliphatic rings. The summed E-state index contributed by atoms with van der Waals surface area (Å²) in [4.78, 5) is 31.1. The standard InChI is InChI=1S/C36H38ClF3N2O4S/c1-35(2,3)46-34(44)41(4)26-15-17-27(18-16-26)42(33(43)32-31(37)28-8-6-7-9-30(28)47-32)21-24-20-23(12-19-29(24)45-5)22-10-13-25(14-11-22)36(38,39)40/h6-14,19-20,26-27H,15-18,21H2,1-5H3. The van der Waals surface area contributed by atoms with Crippen LogP contribution < -0.4 is 4.74 Å². The van der Waals surface area contributed by atoms with Gasteiger partial charge in [0.15, 0.2) is 0 Å². The summed E-state index contributed by atoms with van der Waals surface area (Å²) in [5.41, 5.74) is 0.689. The van der Waals surface area contributed by atoms with E-state index >= 15 is 0 Å². The van der Waals surface area contributed by atoms with Gasteiger partial charge in [0.2, 0.25) is 0 Å². The van der Waals surface area contributed by atoms with Gasteiger partial charge in [0.25, 0.3) is 5.91 Å². The molecule has 6 nitrogen and oxygen atoms in total. The van der Waals surface area contributed by atoms with Crippen LogP contribution in [0.4, 0.5) is 18.0 Å². The van der Waals surface area contributed by atoms with E-state index in [4.69, 9.17) is 21.1 Å². The Hall–Kier alpha value is -3.76. The van der Waals surface area contributed by atoms with Gasteiger partial charge in [0.05, 0.1) is 17.7 Å². The molecular formula is C36H38ClF3N2O4S. The van der Waals surface area contributed by atoms with Crippen LogP contribution >= 0.6 is 22.9 Å². The Morgan fingerprint density at radius 3 is 2.13 bits per heavy atom. The summed E-state index contributed by atoms with van der Waals surface area (Å²) in [6.45, 7) is 5.69. The first kappa shape index (κ1) is 34.6. The normalized spacial score (nSPS) is 17.0. The highest BCUT2D eigenvalue weighted by Gasteiger charge is 2.35. The maximum Gasteiger partial charge on any atom is 0.416 e. The average Bonchev–Trinajstić information content (AvgIpc) is 3.38. The largest absolute Gasteiger partial charge is 0.496 e. The Labute approximate surface area is 282 Å². The molecule has 0 atom stereocenters. The number of rotatable bonds is 7. The van der Waals surface area contributed by atoms with E-state index in [2.05, 4.69) is 0 Å². The fourth-order valence-corrected chi connectivity index (χ4v) is 7.47. The maximum atomic E-state index is 14.4. The zero-order valence-electron chi connectivity index (χ0n) is 27.0. The SMILES string of the molecule is COc1ccc(-c2ccc(C(F)(F)F)cc2)cc1CN(C(=O)c1sc2ccccc2c1Cl)C1CCC(N(C)C(=O)OC(C)(C)C)CC1. The van der Waals surface area contributed by atoms with E-state index in [1.54, 1.807) is 31.2 Å². The van der Waals surface area contributed by atoms with Crippen LogP contribution in [0.1, 0.15) is 67.3 Å². The quantitative estimate of drug-likeness (QED) is 0.194. The number of carbonyl (C=O) groups excluding carboxylic acids is 2. The summed E-state index contributed by atoms with van der Waals surface area (Å²) in [5, 5.41) is 1.22. The third-order valence-corrected chi connectivity index (χ3v) is 10.2. The van der Waals surface area contributed by atoms with Gasteiger partial charge in [-0.2, -0.15) is 13.2 Å². The molecule has 11 heteroatoms. The number of ether oxygens (including phenoxy) is 2. The van der Waals surface area contributed by atoms with E-state index < -0.39 is 17.3 Å². The minimum atomic E-state index is -4.43. The molecule has 1 fully saturated rings. The summed E-state index contributed by atoms with van der Waals surface area (Å²) >= 11 is 8.15. The third kappa shape index (κ3) is 7.87. The molecule has 0 radical (unpaired) electrons. The number of hydrogen-bond acceptors (Lipinski definition) is 5. The molecule has 0 bridgehead atoms.